The number of pyridine rings is 1. The molecule has 0 atom stereocenters. The van der Waals surface area contributed by atoms with Gasteiger partial charge in [0.1, 0.15) is 3.70 Å². The zero-order chi connectivity index (χ0) is 7.68. The summed E-state index contributed by atoms with van der Waals surface area (Å²) >= 11 is 2.25. The second-order valence-corrected chi connectivity index (χ2v) is 3.81. The molecule has 0 spiro atoms. The number of hydrogen-bond donors (Lipinski definition) is 1. The van der Waals surface area contributed by atoms with Gasteiger partial charge in [-0.3, -0.25) is 0 Å². The average molecular weight is 260 g/mol. The minimum Gasteiger partial charge on any atom is -0.312 e. The smallest absolute Gasteiger partial charge is 0.101 e. The Morgan fingerprint density at radius 3 is 3.27 bits per heavy atom. The Labute approximate surface area is 79.6 Å². The summed E-state index contributed by atoms with van der Waals surface area (Å²) < 4.78 is 1.10. The van der Waals surface area contributed by atoms with E-state index in [1.807, 2.05) is 6.20 Å². The van der Waals surface area contributed by atoms with Crippen LogP contribution in [0, 0.1) is 3.70 Å². The van der Waals surface area contributed by atoms with Gasteiger partial charge in [0.15, 0.2) is 0 Å². The van der Waals surface area contributed by atoms with Crippen LogP contribution in [0.4, 0.5) is 0 Å². The van der Waals surface area contributed by atoms with Crippen molar-refractivity contribution in [1.82, 2.24) is 10.3 Å². The summed E-state index contributed by atoms with van der Waals surface area (Å²) in [6.07, 6.45) is 3.12. The van der Waals surface area contributed by atoms with Gasteiger partial charge < -0.3 is 5.32 Å². The highest BCUT2D eigenvalue weighted by atomic mass is 127. The van der Waals surface area contributed by atoms with Gasteiger partial charge in [-0.2, -0.15) is 0 Å². The molecule has 2 rings (SSSR count). The van der Waals surface area contributed by atoms with Crippen LogP contribution in [0.1, 0.15) is 11.1 Å². The maximum absolute atomic E-state index is 4.24. The molecule has 0 amide bonds. The van der Waals surface area contributed by atoms with E-state index < -0.39 is 0 Å². The Hall–Kier alpha value is -0.160. The van der Waals surface area contributed by atoms with Crippen molar-refractivity contribution in [2.24, 2.45) is 0 Å². The van der Waals surface area contributed by atoms with Gasteiger partial charge in [-0.25, -0.2) is 4.98 Å². The van der Waals surface area contributed by atoms with E-state index in [0.717, 1.165) is 23.2 Å². The number of halogens is 1. The van der Waals surface area contributed by atoms with Gasteiger partial charge in [-0.1, -0.05) is 0 Å². The van der Waals surface area contributed by atoms with Crippen LogP contribution >= 0.6 is 22.6 Å². The van der Waals surface area contributed by atoms with E-state index in [0.29, 0.717) is 0 Å². The minimum absolute atomic E-state index is 0.985. The minimum atomic E-state index is 0.985. The second-order valence-electron chi connectivity index (χ2n) is 2.70. The second kappa shape index (κ2) is 3.06. The quantitative estimate of drug-likeness (QED) is 0.562. The normalized spacial score (nSPS) is 16.1. The Bertz CT molecular complexity index is 273. The molecule has 1 aromatic rings. The van der Waals surface area contributed by atoms with Gasteiger partial charge in [0.2, 0.25) is 0 Å². The highest BCUT2D eigenvalue weighted by molar-refractivity contribution is 14.1. The lowest BCUT2D eigenvalue weighted by molar-refractivity contribution is 0.640. The van der Waals surface area contributed by atoms with Crippen LogP contribution in [0.5, 0.6) is 0 Å². The first kappa shape index (κ1) is 7.49. The molecule has 58 valence electrons. The first-order valence-electron chi connectivity index (χ1n) is 3.70. The summed E-state index contributed by atoms with van der Waals surface area (Å²) in [6.45, 7) is 2.09. The fourth-order valence-electron chi connectivity index (χ4n) is 1.33. The third kappa shape index (κ3) is 1.54. The first-order valence-corrected chi connectivity index (χ1v) is 4.78. The van der Waals surface area contributed by atoms with Crippen molar-refractivity contribution in [2.45, 2.75) is 13.0 Å². The van der Waals surface area contributed by atoms with Gasteiger partial charge in [-0.05, 0) is 52.7 Å². The maximum Gasteiger partial charge on any atom is 0.101 e. The van der Waals surface area contributed by atoms with Crippen LogP contribution in [0.25, 0.3) is 0 Å². The molecular weight excluding hydrogens is 251 g/mol. The number of nitrogens with one attached hydrogen (secondary N) is 1. The molecule has 0 aromatic carbocycles. The first-order chi connectivity index (χ1) is 5.36. The zero-order valence-electron chi connectivity index (χ0n) is 6.10. The van der Waals surface area contributed by atoms with E-state index in [1.165, 1.54) is 11.1 Å². The molecular formula is C8H9IN2. The van der Waals surface area contributed by atoms with E-state index in [-0.39, 0.29) is 0 Å². The van der Waals surface area contributed by atoms with E-state index >= 15 is 0 Å². The number of fused-ring (bicyclic) bond motifs is 1. The number of rotatable bonds is 0. The van der Waals surface area contributed by atoms with Crippen LogP contribution in [-0.2, 0) is 13.0 Å². The summed E-state index contributed by atoms with van der Waals surface area (Å²) in [6, 6.07) is 2.18. The van der Waals surface area contributed by atoms with Crippen LogP contribution < -0.4 is 5.32 Å². The lowest BCUT2D eigenvalue weighted by atomic mass is 10.0. The molecule has 0 radical (unpaired) electrons. The highest BCUT2D eigenvalue weighted by Crippen LogP contribution is 2.14. The molecule has 1 aliphatic rings. The van der Waals surface area contributed by atoms with Gasteiger partial charge in [0.25, 0.3) is 0 Å². The summed E-state index contributed by atoms with van der Waals surface area (Å²) in [7, 11) is 0. The van der Waals surface area contributed by atoms with Gasteiger partial charge in [-0.15, -0.1) is 0 Å². The molecule has 1 aromatic heterocycles. The SMILES string of the molecule is Ic1cc2c(cn1)CNCC2. The van der Waals surface area contributed by atoms with Crippen molar-refractivity contribution in [2.75, 3.05) is 6.54 Å². The summed E-state index contributed by atoms with van der Waals surface area (Å²) in [5.74, 6) is 0. The summed E-state index contributed by atoms with van der Waals surface area (Å²) in [5, 5.41) is 3.32. The largest absolute Gasteiger partial charge is 0.312 e. The third-order valence-corrected chi connectivity index (χ3v) is 2.53. The van der Waals surface area contributed by atoms with Crippen molar-refractivity contribution in [3.05, 3.63) is 27.1 Å². The number of hydrogen-bond acceptors (Lipinski definition) is 2. The van der Waals surface area contributed by atoms with Crippen molar-refractivity contribution in [3.63, 3.8) is 0 Å². The molecule has 0 bridgehead atoms. The number of nitrogens with zero attached hydrogens (tertiary/aromatic N) is 1. The van der Waals surface area contributed by atoms with E-state index in [1.54, 1.807) is 0 Å². The van der Waals surface area contributed by atoms with Gasteiger partial charge >= 0.3 is 0 Å². The lowest BCUT2D eigenvalue weighted by Gasteiger charge is -2.15. The Morgan fingerprint density at radius 2 is 2.36 bits per heavy atom. The van der Waals surface area contributed by atoms with Crippen LogP contribution in [-0.4, -0.2) is 11.5 Å². The fraction of sp³-hybridized carbons (Fsp3) is 0.375. The van der Waals surface area contributed by atoms with Gasteiger partial charge in [0, 0.05) is 12.7 Å². The standard InChI is InChI=1S/C8H9IN2/c9-8-3-6-1-2-10-4-7(6)5-11-8/h3,5,10H,1-2,4H2. The molecule has 1 aliphatic heterocycles. The highest BCUT2D eigenvalue weighted by Gasteiger charge is 2.07. The molecule has 0 saturated heterocycles. The Balaban J connectivity index is 2.43. The van der Waals surface area contributed by atoms with E-state index in [9.17, 15) is 0 Å². The monoisotopic (exact) mass is 260 g/mol. The van der Waals surface area contributed by atoms with Gasteiger partial charge in [0.05, 0.1) is 0 Å². The molecule has 1 N–H and O–H groups in total. The van der Waals surface area contributed by atoms with Crippen LogP contribution in [0.15, 0.2) is 12.3 Å². The molecule has 0 aliphatic carbocycles. The third-order valence-electron chi connectivity index (χ3n) is 1.94. The van der Waals surface area contributed by atoms with Crippen molar-refractivity contribution >= 4 is 22.6 Å². The van der Waals surface area contributed by atoms with Crippen molar-refractivity contribution < 1.29 is 0 Å². The van der Waals surface area contributed by atoms with Crippen LogP contribution in [0.3, 0.4) is 0 Å². The Kier molecular flexibility index (Phi) is 2.09. The lowest BCUT2D eigenvalue weighted by Crippen LogP contribution is -2.23. The molecule has 0 unspecified atom stereocenters. The summed E-state index contributed by atoms with van der Waals surface area (Å²) in [5.41, 5.74) is 2.82. The van der Waals surface area contributed by atoms with Crippen LogP contribution in [0.2, 0.25) is 0 Å². The summed E-state index contributed by atoms with van der Waals surface area (Å²) in [4.78, 5) is 4.24. The molecule has 2 heterocycles. The average Bonchev–Trinajstić information content (AvgIpc) is 2.04. The van der Waals surface area contributed by atoms with Crippen molar-refractivity contribution in [1.29, 1.82) is 0 Å². The molecule has 0 saturated carbocycles. The van der Waals surface area contributed by atoms with Crippen molar-refractivity contribution in [3.8, 4) is 0 Å². The maximum atomic E-state index is 4.24. The number of aromatic nitrogens is 1. The predicted molar refractivity (Wildman–Crippen MR) is 52.4 cm³/mol. The predicted octanol–water partition coefficient (Wildman–Crippen LogP) is 1.33. The Morgan fingerprint density at radius 1 is 1.45 bits per heavy atom. The molecule has 0 fully saturated rings. The molecule has 3 heteroatoms. The topological polar surface area (TPSA) is 24.9 Å². The molecule has 11 heavy (non-hydrogen) atoms. The fourth-order valence-corrected chi connectivity index (χ4v) is 1.85. The van der Waals surface area contributed by atoms with E-state index in [4.69, 9.17) is 0 Å². The zero-order valence-corrected chi connectivity index (χ0v) is 8.26. The molecule has 2 nitrogen and oxygen atoms in total. The van der Waals surface area contributed by atoms with E-state index in [2.05, 4.69) is 39.0 Å².